The number of alkyl halides is 3. The number of halogens is 3. The number of methoxy groups -OCH3 is 1. The number of ether oxygens (including phenoxy) is 1. The summed E-state index contributed by atoms with van der Waals surface area (Å²) in [6.45, 7) is -0.204. The topological polar surface area (TPSA) is 116 Å². The predicted molar refractivity (Wildman–Crippen MR) is 109 cm³/mol. The zero-order chi connectivity index (χ0) is 23.8. The van der Waals surface area contributed by atoms with Crippen molar-refractivity contribution in [2.45, 2.75) is 24.7 Å². The number of anilines is 1. The summed E-state index contributed by atoms with van der Waals surface area (Å²) in [4.78, 5) is 44.7. The largest absolute Gasteiger partial charge is 0.465 e. The molecule has 0 saturated carbocycles. The minimum absolute atomic E-state index is 0.122. The maximum atomic E-state index is 13.2. The summed E-state index contributed by atoms with van der Waals surface area (Å²) in [5.41, 5.74) is 0.864. The van der Waals surface area contributed by atoms with Gasteiger partial charge >= 0.3 is 18.2 Å². The first-order valence-electron chi connectivity index (χ1n) is 10.1. The number of nitrogens with one attached hydrogen (secondary N) is 3. The third-order valence-electron chi connectivity index (χ3n) is 5.47. The van der Waals surface area contributed by atoms with Gasteiger partial charge in [-0.05, 0) is 24.6 Å². The van der Waals surface area contributed by atoms with Crippen molar-refractivity contribution in [2.75, 3.05) is 32.1 Å². The van der Waals surface area contributed by atoms with Gasteiger partial charge in [0.1, 0.15) is 24.2 Å². The highest BCUT2D eigenvalue weighted by molar-refractivity contribution is 5.94. The van der Waals surface area contributed by atoms with E-state index in [-0.39, 0.29) is 17.4 Å². The standard InChI is InChI=1S/C20H21F3N6O4/c1-33-18(31)11-4-6-24-15(8-11)27-19(32)29-12-5-7-28(9-12)14-3-2-13(26-16(14)29)17(30)25-10-20(21,22)23/h2-4,6,8,12-13,26H,5,7,9-10H2,1H3,(H,25,30)(H,24,27,32). The molecule has 3 N–H and O–H groups in total. The lowest BCUT2D eigenvalue weighted by Gasteiger charge is -2.40. The molecule has 0 aliphatic carbocycles. The van der Waals surface area contributed by atoms with Crippen LogP contribution in [0.2, 0.25) is 0 Å². The number of fused-ring (bicyclic) bond motifs is 3. The zero-order valence-corrected chi connectivity index (χ0v) is 17.5. The number of esters is 1. The summed E-state index contributed by atoms with van der Waals surface area (Å²) >= 11 is 0. The molecule has 1 saturated heterocycles. The van der Waals surface area contributed by atoms with Crippen LogP contribution in [0.4, 0.5) is 23.8 Å². The van der Waals surface area contributed by atoms with E-state index in [1.807, 2.05) is 10.2 Å². The van der Waals surface area contributed by atoms with E-state index in [9.17, 15) is 27.6 Å². The van der Waals surface area contributed by atoms with Crippen molar-refractivity contribution in [2.24, 2.45) is 0 Å². The van der Waals surface area contributed by atoms with E-state index in [4.69, 9.17) is 0 Å². The molecular weight excluding hydrogens is 445 g/mol. The van der Waals surface area contributed by atoms with E-state index in [1.165, 1.54) is 36.4 Å². The van der Waals surface area contributed by atoms with Gasteiger partial charge in [0.25, 0.3) is 0 Å². The Kier molecular flexibility index (Phi) is 5.87. The van der Waals surface area contributed by atoms with Crippen molar-refractivity contribution < 1.29 is 32.3 Å². The Labute approximate surface area is 186 Å². The van der Waals surface area contributed by atoms with E-state index >= 15 is 0 Å². The van der Waals surface area contributed by atoms with Crippen molar-refractivity contribution in [3.8, 4) is 0 Å². The van der Waals surface area contributed by atoms with Crippen LogP contribution in [0, 0.1) is 0 Å². The fourth-order valence-electron chi connectivity index (χ4n) is 3.97. The molecule has 0 spiro atoms. The van der Waals surface area contributed by atoms with E-state index in [2.05, 4.69) is 20.4 Å². The lowest BCUT2D eigenvalue weighted by Crippen LogP contribution is -2.56. The smallest absolute Gasteiger partial charge is 0.405 e. The first kappa shape index (κ1) is 22.4. The van der Waals surface area contributed by atoms with Gasteiger partial charge in [0, 0.05) is 19.3 Å². The number of carbonyl (C=O) groups excluding carboxylic acids is 3. The van der Waals surface area contributed by atoms with E-state index < -0.39 is 36.7 Å². The van der Waals surface area contributed by atoms with Crippen molar-refractivity contribution >= 4 is 23.7 Å². The first-order chi connectivity index (χ1) is 15.7. The molecule has 2 unspecified atom stereocenters. The number of carbonyl (C=O) groups is 3. The molecule has 1 aromatic rings. The molecule has 3 amide bonds. The third-order valence-corrected chi connectivity index (χ3v) is 5.47. The maximum Gasteiger partial charge on any atom is 0.405 e. The van der Waals surface area contributed by atoms with Crippen LogP contribution in [-0.2, 0) is 9.53 Å². The van der Waals surface area contributed by atoms with E-state index in [1.54, 1.807) is 6.08 Å². The Morgan fingerprint density at radius 3 is 2.85 bits per heavy atom. The Morgan fingerprint density at radius 1 is 1.33 bits per heavy atom. The third kappa shape index (κ3) is 4.71. The summed E-state index contributed by atoms with van der Waals surface area (Å²) < 4.78 is 42.1. The lowest BCUT2D eigenvalue weighted by atomic mass is 10.1. The van der Waals surface area contributed by atoms with E-state index in [0.717, 1.165) is 0 Å². The molecule has 1 fully saturated rings. The fourth-order valence-corrected chi connectivity index (χ4v) is 3.97. The summed E-state index contributed by atoms with van der Waals surface area (Å²) in [6.07, 6.45) is 0.563. The van der Waals surface area contributed by atoms with Crippen molar-refractivity contribution in [1.82, 2.24) is 25.4 Å². The van der Waals surface area contributed by atoms with Crippen LogP contribution >= 0.6 is 0 Å². The van der Waals surface area contributed by atoms with Crippen molar-refractivity contribution in [1.29, 1.82) is 0 Å². The molecule has 0 aromatic carbocycles. The molecule has 2 bridgehead atoms. The number of amides is 3. The summed E-state index contributed by atoms with van der Waals surface area (Å²) in [6, 6.07) is 0.952. The van der Waals surface area contributed by atoms with Gasteiger partial charge in [-0.1, -0.05) is 6.08 Å². The highest BCUT2D eigenvalue weighted by Crippen LogP contribution is 2.33. The quantitative estimate of drug-likeness (QED) is 0.571. The second-order valence-corrected chi connectivity index (χ2v) is 7.66. The molecule has 4 rings (SSSR count). The lowest BCUT2D eigenvalue weighted by molar-refractivity contribution is -0.138. The Bertz CT molecular complexity index is 1040. The summed E-state index contributed by atoms with van der Waals surface area (Å²) in [5.74, 6) is -1.01. The highest BCUT2D eigenvalue weighted by atomic mass is 19.4. The number of hydrogen-bond donors (Lipinski definition) is 3. The zero-order valence-electron chi connectivity index (χ0n) is 17.5. The summed E-state index contributed by atoms with van der Waals surface area (Å²) in [7, 11) is 1.23. The minimum atomic E-state index is -4.54. The van der Waals surface area contributed by atoms with Gasteiger partial charge in [0.15, 0.2) is 0 Å². The molecule has 13 heteroatoms. The molecule has 33 heavy (non-hydrogen) atoms. The predicted octanol–water partition coefficient (Wildman–Crippen LogP) is 1.17. The van der Waals surface area contributed by atoms with Crippen LogP contribution in [0.5, 0.6) is 0 Å². The molecule has 0 radical (unpaired) electrons. The fraction of sp³-hybridized carbons (Fsp3) is 0.400. The van der Waals surface area contributed by atoms with Crippen LogP contribution < -0.4 is 16.0 Å². The Hall–Kier alpha value is -3.77. The number of rotatable bonds is 4. The van der Waals surface area contributed by atoms with Crippen molar-refractivity contribution in [3.05, 3.63) is 47.6 Å². The second-order valence-electron chi connectivity index (χ2n) is 7.66. The number of allylic oxidation sites excluding steroid dienone is 1. The minimum Gasteiger partial charge on any atom is -0.465 e. The SMILES string of the molecule is COC(=O)c1ccnc(NC(=O)N2C3=C(C=CC(C(=O)NCC(F)(F)F)N3)N3CCC2C3)c1. The molecule has 176 valence electrons. The number of dihydropyridines is 1. The van der Waals surface area contributed by atoms with Crippen LogP contribution in [0.3, 0.4) is 0 Å². The number of aromatic nitrogens is 1. The van der Waals surface area contributed by atoms with Gasteiger partial charge in [-0.3, -0.25) is 15.0 Å². The average molecular weight is 466 g/mol. The Morgan fingerprint density at radius 2 is 2.12 bits per heavy atom. The molecule has 10 nitrogen and oxygen atoms in total. The van der Waals surface area contributed by atoms with Gasteiger partial charge in [-0.25, -0.2) is 14.6 Å². The molecule has 1 aromatic heterocycles. The monoisotopic (exact) mass is 466 g/mol. The van der Waals surface area contributed by atoms with Crippen LogP contribution in [0.15, 0.2) is 42.0 Å². The van der Waals surface area contributed by atoms with Gasteiger partial charge < -0.3 is 20.3 Å². The summed E-state index contributed by atoms with van der Waals surface area (Å²) in [5, 5.41) is 7.37. The van der Waals surface area contributed by atoms with Crippen molar-refractivity contribution in [3.63, 3.8) is 0 Å². The van der Waals surface area contributed by atoms with Gasteiger partial charge in [0.2, 0.25) is 5.91 Å². The molecule has 3 aliphatic rings. The first-order valence-corrected chi connectivity index (χ1v) is 10.1. The maximum absolute atomic E-state index is 13.2. The van der Waals surface area contributed by atoms with Gasteiger partial charge in [-0.2, -0.15) is 13.2 Å². The van der Waals surface area contributed by atoms with Crippen LogP contribution in [0.25, 0.3) is 0 Å². The normalized spacial score (nSPS) is 21.3. The average Bonchev–Trinajstić information content (AvgIpc) is 3.20. The van der Waals surface area contributed by atoms with Crippen LogP contribution in [0.1, 0.15) is 16.8 Å². The molecule has 3 aliphatic heterocycles. The second kappa shape index (κ2) is 8.64. The van der Waals surface area contributed by atoms with Gasteiger partial charge in [0.05, 0.1) is 24.4 Å². The number of pyridine rings is 1. The van der Waals surface area contributed by atoms with E-state index in [0.29, 0.717) is 31.0 Å². The van der Waals surface area contributed by atoms with Gasteiger partial charge in [-0.15, -0.1) is 0 Å². The highest BCUT2D eigenvalue weighted by Gasteiger charge is 2.43. The number of hydrogen-bond acceptors (Lipinski definition) is 7. The number of nitrogens with zero attached hydrogens (tertiary/aromatic N) is 3. The molecule has 4 heterocycles. The Balaban J connectivity index is 1.53. The molecular formula is C20H21F3N6O4. The van der Waals surface area contributed by atoms with Crippen LogP contribution in [-0.4, -0.2) is 77.7 Å². The molecule has 2 atom stereocenters. The number of urea groups is 1.